The number of sulfonamides is 1. The number of Topliss-reactive ketones (excluding diaryl/α,β-unsaturated/α-hetero) is 1. The summed E-state index contributed by atoms with van der Waals surface area (Å²) in [5, 5.41) is 5.73. The number of hydrogen-bond acceptors (Lipinski definition) is 4. The predicted molar refractivity (Wildman–Crippen MR) is 44.5 cm³/mol. The molecule has 0 aliphatic rings. The van der Waals surface area contributed by atoms with Crippen LogP contribution in [0, 0.1) is 0 Å². The van der Waals surface area contributed by atoms with Gasteiger partial charge in [0.15, 0.2) is 5.03 Å². The Bertz CT molecular complexity index is 381. The van der Waals surface area contributed by atoms with Gasteiger partial charge in [-0.15, -0.1) is 0 Å². The molecule has 1 heterocycles. The number of nitrogens with zero attached hydrogens (tertiary/aromatic N) is 1. The van der Waals surface area contributed by atoms with Crippen molar-refractivity contribution in [3.8, 4) is 0 Å². The van der Waals surface area contributed by atoms with E-state index in [1.165, 1.54) is 19.2 Å². The molecule has 0 unspecified atom stereocenters. The first-order valence-electron chi connectivity index (χ1n) is 3.51. The number of aromatic nitrogens is 2. The van der Waals surface area contributed by atoms with Crippen LogP contribution in [0.15, 0.2) is 17.3 Å². The molecule has 0 atom stereocenters. The van der Waals surface area contributed by atoms with Crippen LogP contribution in [0.4, 0.5) is 0 Å². The van der Waals surface area contributed by atoms with Gasteiger partial charge in [-0.1, -0.05) is 0 Å². The molecular formula is C6H9N3O3S. The van der Waals surface area contributed by atoms with Crippen molar-refractivity contribution in [3.63, 3.8) is 0 Å². The number of aromatic amines is 1. The SMILES string of the molecule is CC(=O)CNS(=O)(=O)c1ccn[nH]1. The van der Waals surface area contributed by atoms with Gasteiger partial charge >= 0.3 is 0 Å². The Morgan fingerprint density at radius 1 is 1.69 bits per heavy atom. The summed E-state index contributed by atoms with van der Waals surface area (Å²) < 4.78 is 24.6. The van der Waals surface area contributed by atoms with E-state index in [2.05, 4.69) is 14.9 Å². The third kappa shape index (κ3) is 2.63. The van der Waals surface area contributed by atoms with E-state index in [1.807, 2.05) is 0 Å². The quantitative estimate of drug-likeness (QED) is 0.675. The molecule has 0 spiro atoms. The molecule has 0 aliphatic carbocycles. The molecule has 7 heteroatoms. The second kappa shape index (κ2) is 3.67. The fourth-order valence-corrected chi connectivity index (χ4v) is 1.63. The second-order valence-electron chi connectivity index (χ2n) is 2.45. The number of H-pyrrole nitrogens is 1. The van der Waals surface area contributed by atoms with Crippen molar-refractivity contribution in [2.45, 2.75) is 11.9 Å². The molecule has 13 heavy (non-hydrogen) atoms. The maximum atomic E-state index is 11.3. The molecule has 72 valence electrons. The summed E-state index contributed by atoms with van der Waals surface area (Å²) in [6, 6.07) is 1.31. The topological polar surface area (TPSA) is 91.9 Å². The van der Waals surface area contributed by atoms with Crippen molar-refractivity contribution in [2.24, 2.45) is 0 Å². The Kier molecular flexibility index (Phi) is 2.79. The van der Waals surface area contributed by atoms with Crippen LogP contribution in [-0.2, 0) is 14.8 Å². The predicted octanol–water partition coefficient (Wildman–Crippen LogP) is -0.723. The maximum Gasteiger partial charge on any atom is 0.257 e. The van der Waals surface area contributed by atoms with Gasteiger partial charge in [0.2, 0.25) is 0 Å². The zero-order valence-electron chi connectivity index (χ0n) is 6.94. The van der Waals surface area contributed by atoms with Gasteiger partial charge in [0.1, 0.15) is 5.78 Å². The van der Waals surface area contributed by atoms with Gasteiger partial charge in [-0.2, -0.15) is 5.10 Å². The summed E-state index contributed by atoms with van der Waals surface area (Å²) in [6.45, 7) is 1.09. The molecule has 0 amide bonds. The first kappa shape index (κ1) is 9.87. The van der Waals surface area contributed by atoms with Crippen LogP contribution in [0.1, 0.15) is 6.92 Å². The minimum Gasteiger partial charge on any atom is -0.299 e. The van der Waals surface area contributed by atoms with Crippen LogP contribution in [0.25, 0.3) is 0 Å². The molecule has 0 fully saturated rings. The van der Waals surface area contributed by atoms with Crippen molar-refractivity contribution in [3.05, 3.63) is 12.3 Å². The first-order valence-corrected chi connectivity index (χ1v) is 4.99. The lowest BCUT2D eigenvalue weighted by Gasteiger charge is -2.00. The summed E-state index contributed by atoms with van der Waals surface area (Å²) >= 11 is 0. The molecule has 0 saturated carbocycles. The number of ketones is 1. The van der Waals surface area contributed by atoms with Crippen LogP contribution in [-0.4, -0.2) is 30.9 Å². The Morgan fingerprint density at radius 2 is 2.38 bits per heavy atom. The molecular weight excluding hydrogens is 194 g/mol. The number of carbonyl (C=O) groups is 1. The van der Waals surface area contributed by atoms with E-state index in [0.717, 1.165) is 0 Å². The highest BCUT2D eigenvalue weighted by molar-refractivity contribution is 7.89. The first-order chi connectivity index (χ1) is 6.02. The van der Waals surface area contributed by atoms with Crippen molar-refractivity contribution in [2.75, 3.05) is 6.54 Å². The van der Waals surface area contributed by atoms with Gasteiger partial charge in [-0.3, -0.25) is 9.89 Å². The van der Waals surface area contributed by atoms with Crippen molar-refractivity contribution >= 4 is 15.8 Å². The Labute approximate surface area is 75.4 Å². The molecule has 0 radical (unpaired) electrons. The lowest BCUT2D eigenvalue weighted by atomic mass is 10.5. The largest absolute Gasteiger partial charge is 0.299 e. The zero-order valence-corrected chi connectivity index (χ0v) is 7.76. The number of hydrogen-bond donors (Lipinski definition) is 2. The summed E-state index contributed by atoms with van der Waals surface area (Å²) in [4.78, 5) is 10.5. The summed E-state index contributed by atoms with van der Waals surface area (Å²) in [5.41, 5.74) is 0. The van der Waals surface area contributed by atoms with Crippen molar-refractivity contribution in [1.82, 2.24) is 14.9 Å². The number of rotatable bonds is 4. The van der Waals surface area contributed by atoms with Gasteiger partial charge in [0.25, 0.3) is 10.0 Å². The molecule has 1 aromatic rings. The summed E-state index contributed by atoms with van der Waals surface area (Å²) in [6.07, 6.45) is 1.32. The van der Waals surface area contributed by atoms with E-state index in [1.54, 1.807) is 0 Å². The monoisotopic (exact) mass is 203 g/mol. The van der Waals surface area contributed by atoms with E-state index in [4.69, 9.17) is 0 Å². The highest BCUT2D eigenvalue weighted by atomic mass is 32.2. The number of carbonyl (C=O) groups excluding carboxylic acids is 1. The molecule has 6 nitrogen and oxygen atoms in total. The van der Waals surface area contributed by atoms with Crippen molar-refractivity contribution in [1.29, 1.82) is 0 Å². The van der Waals surface area contributed by atoms with Crippen LogP contribution < -0.4 is 4.72 Å². The van der Waals surface area contributed by atoms with Gasteiger partial charge in [0, 0.05) is 0 Å². The lowest BCUT2D eigenvalue weighted by Crippen LogP contribution is -2.28. The fourth-order valence-electron chi connectivity index (χ4n) is 0.667. The van der Waals surface area contributed by atoms with Gasteiger partial charge in [-0.25, -0.2) is 13.1 Å². The highest BCUT2D eigenvalue weighted by Crippen LogP contribution is 2.00. The minimum atomic E-state index is -3.60. The molecule has 0 aromatic carbocycles. The molecule has 0 saturated heterocycles. The number of nitrogens with one attached hydrogen (secondary N) is 2. The van der Waals surface area contributed by atoms with Crippen LogP contribution in [0.2, 0.25) is 0 Å². The van der Waals surface area contributed by atoms with Gasteiger partial charge < -0.3 is 0 Å². The van der Waals surface area contributed by atoms with Crippen LogP contribution in [0.3, 0.4) is 0 Å². The van der Waals surface area contributed by atoms with Crippen LogP contribution >= 0.6 is 0 Å². The highest BCUT2D eigenvalue weighted by Gasteiger charge is 2.14. The fraction of sp³-hybridized carbons (Fsp3) is 0.333. The molecule has 1 aromatic heterocycles. The normalized spacial score (nSPS) is 11.5. The second-order valence-corrected chi connectivity index (χ2v) is 4.18. The smallest absolute Gasteiger partial charge is 0.257 e. The molecule has 2 N–H and O–H groups in total. The third-order valence-electron chi connectivity index (χ3n) is 1.28. The van der Waals surface area contributed by atoms with Crippen molar-refractivity contribution < 1.29 is 13.2 Å². The van der Waals surface area contributed by atoms with E-state index in [0.29, 0.717) is 0 Å². The third-order valence-corrected chi connectivity index (χ3v) is 2.61. The zero-order chi connectivity index (χ0) is 9.90. The Hall–Kier alpha value is -1.21. The lowest BCUT2D eigenvalue weighted by molar-refractivity contribution is -0.115. The molecule has 1 rings (SSSR count). The van der Waals surface area contributed by atoms with E-state index < -0.39 is 10.0 Å². The molecule has 0 bridgehead atoms. The van der Waals surface area contributed by atoms with E-state index in [9.17, 15) is 13.2 Å². The van der Waals surface area contributed by atoms with Gasteiger partial charge in [-0.05, 0) is 13.0 Å². The average molecular weight is 203 g/mol. The summed E-state index contributed by atoms with van der Waals surface area (Å²) in [5.74, 6) is -0.247. The standard InChI is InChI=1S/C6H9N3O3S/c1-5(10)4-8-13(11,12)6-2-3-7-9-6/h2-3,8H,4H2,1H3,(H,7,9). The Balaban J connectivity index is 2.74. The van der Waals surface area contributed by atoms with Crippen LogP contribution in [0.5, 0.6) is 0 Å². The Morgan fingerprint density at radius 3 is 2.85 bits per heavy atom. The molecule has 0 aliphatic heterocycles. The minimum absolute atomic E-state index is 0.0475. The maximum absolute atomic E-state index is 11.3. The van der Waals surface area contributed by atoms with E-state index >= 15 is 0 Å². The average Bonchev–Trinajstić information content (AvgIpc) is 2.53. The summed E-state index contributed by atoms with van der Waals surface area (Å²) in [7, 11) is -3.60. The van der Waals surface area contributed by atoms with E-state index in [-0.39, 0.29) is 17.4 Å². The van der Waals surface area contributed by atoms with Gasteiger partial charge in [0.05, 0.1) is 12.7 Å².